The highest BCUT2D eigenvalue weighted by atomic mass is 19.4. The molecule has 6 rings (SSSR count). The Balaban J connectivity index is 1.08. The van der Waals surface area contributed by atoms with Crippen molar-refractivity contribution in [3.05, 3.63) is 103 Å². The van der Waals surface area contributed by atoms with E-state index in [2.05, 4.69) is 44.6 Å². The summed E-state index contributed by atoms with van der Waals surface area (Å²) in [5, 5.41) is 5.12. The molecule has 0 saturated carbocycles. The van der Waals surface area contributed by atoms with Gasteiger partial charge in [-0.05, 0) is 60.6 Å². The number of carbonyl (C=O) groups excluding carboxylic acids is 1. The standard InChI is InChI=1S/C32H30F3N7O/c1-40-13-15-41(16-14-40)29-10-9-25(20-36-29)24-11-12-42-28(21-37-30(42)17-24)23-7-5-22(6-8-23)19-38-31(43)39-27-4-2-3-26(18-27)32(33,34)35/h2-12,17-18,20-21H,13-16,19H2,1H3,(H2,38,39,43). The number of benzene rings is 2. The average molecular weight is 586 g/mol. The first-order valence-electron chi connectivity index (χ1n) is 13.9. The van der Waals surface area contributed by atoms with Crippen LogP contribution in [-0.4, -0.2) is 58.5 Å². The fourth-order valence-electron chi connectivity index (χ4n) is 5.08. The van der Waals surface area contributed by atoms with Gasteiger partial charge in [0.1, 0.15) is 11.5 Å². The van der Waals surface area contributed by atoms with Crippen LogP contribution in [0.1, 0.15) is 11.1 Å². The zero-order valence-electron chi connectivity index (χ0n) is 23.5. The van der Waals surface area contributed by atoms with Gasteiger partial charge in [-0.1, -0.05) is 30.3 Å². The molecule has 1 aliphatic rings. The minimum Gasteiger partial charge on any atom is -0.354 e. The lowest BCUT2D eigenvalue weighted by Gasteiger charge is -2.33. The molecule has 5 aromatic rings. The van der Waals surface area contributed by atoms with Crippen molar-refractivity contribution in [3.63, 3.8) is 0 Å². The number of aromatic nitrogens is 3. The lowest BCUT2D eigenvalue weighted by atomic mass is 10.1. The number of rotatable bonds is 6. The van der Waals surface area contributed by atoms with Crippen LogP contribution >= 0.6 is 0 Å². The van der Waals surface area contributed by atoms with Crippen LogP contribution in [-0.2, 0) is 12.7 Å². The number of likely N-dealkylation sites (N-methyl/N-ethyl adjacent to an activating group) is 1. The Morgan fingerprint density at radius 3 is 2.35 bits per heavy atom. The molecule has 2 amide bonds. The van der Waals surface area contributed by atoms with E-state index in [0.29, 0.717) is 0 Å². The van der Waals surface area contributed by atoms with Crippen LogP contribution in [0.15, 0.2) is 91.4 Å². The van der Waals surface area contributed by atoms with Crippen LogP contribution in [0.2, 0.25) is 0 Å². The number of anilines is 2. The number of halogens is 3. The van der Waals surface area contributed by atoms with E-state index in [1.165, 1.54) is 12.1 Å². The Morgan fingerprint density at radius 2 is 1.63 bits per heavy atom. The zero-order chi connectivity index (χ0) is 30.0. The summed E-state index contributed by atoms with van der Waals surface area (Å²) in [6.45, 7) is 4.23. The van der Waals surface area contributed by atoms with E-state index in [1.807, 2.05) is 59.4 Å². The van der Waals surface area contributed by atoms with E-state index in [1.54, 1.807) is 0 Å². The number of piperazine rings is 1. The van der Waals surface area contributed by atoms with Crippen LogP contribution in [0.3, 0.4) is 0 Å². The highest BCUT2D eigenvalue weighted by molar-refractivity contribution is 5.89. The fourth-order valence-corrected chi connectivity index (χ4v) is 5.08. The number of imidazole rings is 1. The van der Waals surface area contributed by atoms with Gasteiger partial charge in [-0.3, -0.25) is 4.40 Å². The molecule has 0 spiro atoms. The molecule has 0 unspecified atom stereocenters. The predicted octanol–water partition coefficient (Wildman–Crippen LogP) is 6.16. The highest BCUT2D eigenvalue weighted by Crippen LogP contribution is 2.31. The number of hydrogen-bond donors (Lipinski definition) is 2. The minimum absolute atomic E-state index is 0.0670. The number of pyridine rings is 2. The van der Waals surface area contributed by atoms with Crippen molar-refractivity contribution < 1.29 is 18.0 Å². The van der Waals surface area contributed by atoms with E-state index in [4.69, 9.17) is 4.98 Å². The number of alkyl halides is 3. The van der Waals surface area contributed by atoms with Crippen molar-refractivity contribution in [2.24, 2.45) is 0 Å². The van der Waals surface area contributed by atoms with Gasteiger partial charge in [-0.25, -0.2) is 14.8 Å². The third-order valence-corrected chi connectivity index (χ3v) is 7.57. The highest BCUT2D eigenvalue weighted by Gasteiger charge is 2.30. The molecule has 8 nitrogen and oxygen atoms in total. The zero-order valence-corrected chi connectivity index (χ0v) is 23.5. The van der Waals surface area contributed by atoms with Gasteiger partial charge < -0.3 is 20.4 Å². The first-order valence-corrected chi connectivity index (χ1v) is 13.9. The maximum atomic E-state index is 12.9. The Labute approximate surface area is 246 Å². The molecule has 3 aromatic heterocycles. The van der Waals surface area contributed by atoms with Crippen LogP contribution in [0.25, 0.3) is 28.0 Å². The van der Waals surface area contributed by atoms with Gasteiger partial charge in [0, 0.05) is 61.9 Å². The Kier molecular flexibility index (Phi) is 7.73. The number of fused-ring (bicyclic) bond motifs is 1. The van der Waals surface area contributed by atoms with Gasteiger partial charge in [0.05, 0.1) is 17.5 Å². The second kappa shape index (κ2) is 11.8. The van der Waals surface area contributed by atoms with Crippen molar-refractivity contribution in [2.45, 2.75) is 12.7 Å². The Hall–Kier alpha value is -4.90. The van der Waals surface area contributed by atoms with E-state index in [-0.39, 0.29) is 12.2 Å². The monoisotopic (exact) mass is 585 g/mol. The molecular weight excluding hydrogens is 555 g/mol. The number of nitrogens with one attached hydrogen (secondary N) is 2. The summed E-state index contributed by atoms with van der Waals surface area (Å²) in [7, 11) is 2.14. The van der Waals surface area contributed by atoms with Crippen molar-refractivity contribution in [1.82, 2.24) is 24.6 Å². The van der Waals surface area contributed by atoms with Crippen LogP contribution < -0.4 is 15.5 Å². The average Bonchev–Trinajstić information content (AvgIpc) is 3.44. The van der Waals surface area contributed by atoms with Crippen LogP contribution in [0.5, 0.6) is 0 Å². The molecule has 220 valence electrons. The SMILES string of the molecule is CN1CCN(c2ccc(-c3ccn4c(-c5ccc(CNC(=O)Nc6cccc(C(F)(F)F)c6)cc5)cnc4c3)cn2)CC1. The maximum absolute atomic E-state index is 12.9. The van der Waals surface area contributed by atoms with Gasteiger partial charge in [-0.2, -0.15) is 13.2 Å². The predicted molar refractivity (Wildman–Crippen MR) is 161 cm³/mol. The number of carbonyl (C=O) groups is 1. The third-order valence-electron chi connectivity index (χ3n) is 7.57. The van der Waals surface area contributed by atoms with E-state index in [0.717, 1.165) is 77.7 Å². The molecule has 4 heterocycles. The molecule has 43 heavy (non-hydrogen) atoms. The first-order chi connectivity index (χ1) is 20.7. The molecule has 0 radical (unpaired) electrons. The summed E-state index contributed by atoms with van der Waals surface area (Å²) in [4.78, 5) is 26.2. The van der Waals surface area contributed by atoms with Gasteiger partial charge in [0.25, 0.3) is 0 Å². The van der Waals surface area contributed by atoms with E-state index >= 15 is 0 Å². The van der Waals surface area contributed by atoms with Gasteiger partial charge in [-0.15, -0.1) is 0 Å². The third kappa shape index (κ3) is 6.46. The topological polar surface area (TPSA) is 77.8 Å². The molecule has 0 atom stereocenters. The largest absolute Gasteiger partial charge is 0.416 e. The number of hydrogen-bond acceptors (Lipinski definition) is 5. The maximum Gasteiger partial charge on any atom is 0.416 e. The van der Waals surface area contributed by atoms with Gasteiger partial charge in [0.2, 0.25) is 0 Å². The number of urea groups is 1. The fraction of sp³-hybridized carbons (Fsp3) is 0.219. The van der Waals surface area contributed by atoms with E-state index < -0.39 is 17.8 Å². The van der Waals surface area contributed by atoms with Gasteiger partial charge >= 0.3 is 12.2 Å². The summed E-state index contributed by atoms with van der Waals surface area (Å²) < 4.78 is 40.8. The lowest BCUT2D eigenvalue weighted by Crippen LogP contribution is -2.44. The summed E-state index contributed by atoms with van der Waals surface area (Å²) >= 11 is 0. The Morgan fingerprint density at radius 1 is 0.860 bits per heavy atom. The molecule has 1 saturated heterocycles. The normalized spacial score (nSPS) is 14.2. The van der Waals surface area contributed by atoms with Crippen molar-refractivity contribution in [2.75, 3.05) is 43.4 Å². The summed E-state index contributed by atoms with van der Waals surface area (Å²) in [6.07, 6.45) is 1.25. The number of amides is 2. The second-order valence-corrected chi connectivity index (χ2v) is 10.6. The molecule has 0 bridgehead atoms. The molecule has 2 aromatic carbocycles. The summed E-state index contributed by atoms with van der Waals surface area (Å²) in [5.74, 6) is 0.996. The van der Waals surface area contributed by atoms with Crippen molar-refractivity contribution in [1.29, 1.82) is 0 Å². The van der Waals surface area contributed by atoms with Crippen LogP contribution in [0, 0.1) is 0 Å². The molecule has 1 fully saturated rings. The van der Waals surface area contributed by atoms with Crippen molar-refractivity contribution >= 4 is 23.2 Å². The second-order valence-electron chi connectivity index (χ2n) is 10.6. The molecule has 2 N–H and O–H groups in total. The lowest BCUT2D eigenvalue weighted by molar-refractivity contribution is -0.137. The van der Waals surface area contributed by atoms with Crippen LogP contribution in [0.4, 0.5) is 29.5 Å². The Bertz CT molecular complexity index is 1730. The molecule has 1 aliphatic heterocycles. The van der Waals surface area contributed by atoms with Gasteiger partial charge in [0.15, 0.2) is 0 Å². The molecule has 0 aliphatic carbocycles. The van der Waals surface area contributed by atoms with E-state index in [9.17, 15) is 18.0 Å². The molecule has 11 heteroatoms. The van der Waals surface area contributed by atoms with Crippen molar-refractivity contribution in [3.8, 4) is 22.4 Å². The summed E-state index contributed by atoms with van der Waals surface area (Å²) in [6, 6.07) is 19.9. The first kappa shape index (κ1) is 28.2. The summed E-state index contributed by atoms with van der Waals surface area (Å²) in [5.41, 5.74) is 4.83. The minimum atomic E-state index is -4.48. The smallest absolute Gasteiger partial charge is 0.354 e. The molecular formula is C32H30F3N7O. The quantitative estimate of drug-likeness (QED) is 0.250. The number of nitrogens with zero attached hydrogens (tertiary/aromatic N) is 5.